The smallest absolute Gasteiger partial charge is 0.332 e. The van der Waals surface area contributed by atoms with Gasteiger partial charge in [-0.05, 0) is 57.4 Å². The summed E-state index contributed by atoms with van der Waals surface area (Å²) in [5.41, 5.74) is 9.44. The summed E-state index contributed by atoms with van der Waals surface area (Å²) in [6.45, 7) is 8.18. The minimum atomic E-state index is -0.419. The number of allylic oxidation sites excluding steroid dienone is 2. The van der Waals surface area contributed by atoms with Gasteiger partial charge in [0, 0.05) is 44.1 Å². The maximum atomic E-state index is 13.8. The highest BCUT2D eigenvalue weighted by Gasteiger charge is 2.27. The number of nitrogens with two attached hydrogens (primary N) is 1. The number of anilines is 1. The molecule has 0 amide bonds. The molecular weight excluding hydrogens is 456 g/mol. The van der Waals surface area contributed by atoms with Crippen molar-refractivity contribution in [2.24, 2.45) is 18.7 Å². The summed E-state index contributed by atoms with van der Waals surface area (Å²) in [5, 5.41) is 0. The van der Waals surface area contributed by atoms with E-state index in [2.05, 4.69) is 11.8 Å². The lowest BCUT2D eigenvalue weighted by Gasteiger charge is -2.31. The number of rotatable bonds is 5. The van der Waals surface area contributed by atoms with Gasteiger partial charge in [0.05, 0.1) is 6.54 Å². The van der Waals surface area contributed by atoms with Crippen molar-refractivity contribution in [3.63, 3.8) is 0 Å². The molecule has 0 aromatic carbocycles. The Hall–Kier alpha value is -3.27. The van der Waals surface area contributed by atoms with Crippen LogP contribution < -0.4 is 21.9 Å². The Labute approximate surface area is 210 Å². The first-order valence-electron chi connectivity index (χ1n) is 13.0. The molecule has 1 unspecified atom stereocenters. The maximum absolute atomic E-state index is 13.8. The average molecular weight is 493 g/mol. The second kappa shape index (κ2) is 9.65. The van der Waals surface area contributed by atoms with Gasteiger partial charge in [-0.2, -0.15) is 4.98 Å². The van der Waals surface area contributed by atoms with Gasteiger partial charge in [-0.25, -0.2) is 14.8 Å². The molecule has 36 heavy (non-hydrogen) atoms. The molecule has 10 heteroatoms. The molecule has 192 valence electrons. The highest BCUT2D eigenvalue weighted by molar-refractivity contribution is 5.74. The minimum absolute atomic E-state index is 0.0316. The van der Waals surface area contributed by atoms with Crippen molar-refractivity contribution >= 4 is 17.1 Å². The summed E-state index contributed by atoms with van der Waals surface area (Å²) in [5.74, 6) is 1.79. The fourth-order valence-electron chi connectivity index (χ4n) is 5.55. The van der Waals surface area contributed by atoms with E-state index in [1.165, 1.54) is 14.7 Å². The fourth-order valence-corrected chi connectivity index (χ4v) is 5.55. The first-order chi connectivity index (χ1) is 17.3. The number of fused-ring (bicyclic) bond motifs is 2. The van der Waals surface area contributed by atoms with Crippen LogP contribution >= 0.6 is 0 Å². The van der Waals surface area contributed by atoms with E-state index in [0.717, 1.165) is 50.0 Å². The molecule has 1 aliphatic heterocycles. The monoisotopic (exact) mass is 492 g/mol. The fraction of sp³-hybridized carbons (Fsp3) is 0.577. The van der Waals surface area contributed by atoms with E-state index in [9.17, 15) is 9.59 Å². The first-order valence-corrected chi connectivity index (χ1v) is 13.0. The molecule has 5 rings (SSSR count). The van der Waals surface area contributed by atoms with Gasteiger partial charge in [0.15, 0.2) is 11.2 Å². The van der Waals surface area contributed by atoms with Gasteiger partial charge >= 0.3 is 5.69 Å². The Morgan fingerprint density at radius 2 is 1.94 bits per heavy atom. The van der Waals surface area contributed by atoms with Gasteiger partial charge in [0.2, 0.25) is 5.95 Å². The van der Waals surface area contributed by atoms with E-state index in [1.54, 1.807) is 7.05 Å². The number of hydrogen-bond donors (Lipinski definition) is 1. The van der Waals surface area contributed by atoms with Gasteiger partial charge in [0.1, 0.15) is 5.82 Å². The molecule has 10 nitrogen and oxygen atoms in total. The Bertz CT molecular complexity index is 1450. The van der Waals surface area contributed by atoms with Crippen molar-refractivity contribution in [3.8, 4) is 0 Å². The number of piperidine rings is 1. The molecule has 0 bridgehead atoms. The summed E-state index contributed by atoms with van der Waals surface area (Å²) in [4.78, 5) is 43.6. The van der Waals surface area contributed by atoms with Crippen LogP contribution in [0.25, 0.3) is 11.2 Å². The second-order valence-electron chi connectivity index (χ2n) is 10.3. The van der Waals surface area contributed by atoms with Crippen LogP contribution in [-0.4, -0.2) is 47.8 Å². The zero-order valence-electron chi connectivity index (χ0n) is 21.7. The zero-order valence-corrected chi connectivity index (χ0v) is 21.7. The highest BCUT2D eigenvalue weighted by Crippen LogP contribution is 2.26. The molecule has 0 saturated carbocycles. The minimum Gasteiger partial charge on any atom is -0.341 e. The lowest BCUT2D eigenvalue weighted by Crippen LogP contribution is -2.44. The Morgan fingerprint density at radius 1 is 1.14 bits per heavy atom. The summed E-state index contributed by atoms with van der Waals surface area (Å²) in [7, 11) is 1.67. The van der Waals surface area contributed by atoms with Crippen LogP contribution in [0.15, 0.2) is 21.7 Å². The quantitative estimate of drug-likeness (QED) is 0.539. The molecule has 0 spiro atoms. The Balaban J connectivity index is 1.63. The van der Waals surface area contributed by atoms with Gasteiger partial charge in [-0.15, -0.1) is 0 Å². The lowest BCUT2D eigenvalue weighted by molar-refractivity contribution is 0.485. The van der Waals surface area contributed by atoms with Crippen molar-refractivity contribution in [1.82, 2.24) is 28.7 Å². The van der Waals surface area contributed by atoms with Gasteiger partial charge in [0.25, 0.3) is 5.56 Å². The third kappa shape index (κ3) is 4.27. The predicted octanol–water partition coefficient (Wildman–Crippen LogP) is 1.67. The number of hydrogen-bond acceptors (Lipinski definition) is 7. The van der Waals surface area contributed by atoms with Crippen LogP contribution in [0.4, 0.5) is 5.95 Å². The highest BCUT2D eigenvalue weighted by atomic mass is 16.2. The first kappa shape index (κ1) is 24.4. The summed E-state index contributed by atoms with van der Waals surface area (Å²) in [6, 6.07) is 0.0570. The van der Waals surface area contributed by atoms with Gasteiger partial charge in [-0.1, -0.05) is 19.1 Å². The molecule has 4 heterocycles. The van der Waals surface area contributed by atoms with Crippen molar-refractivity contribution in [1.29, 1.82) is 0 Å². The van der Waals surface area contributed by atoms with E-state index in [1.807, 2.05) is 30.6 Å². The summed E-state index contributed by atoms with van der Waals surface area (Å²) >= 11 is 0. The third-order valence-corrected chi connectivity index (χ3v) is 7.55. The molecule has 3 aromatic rings. The summed E-state index contributed by atoms with van der Waals surface area (Å²) in [6.07, 6.45) is 8.83. The van der Waals surface area contributed by atoms with E-state index in [-0.39, 0.29) is 18.1 Å². The molecule has 2 atom stereocenters. The zero-order chi connectivity index (χ0) is 25.6. The number of aromatic nitrogens is 6. The predicted molar refractivity (Wildman–Crippen MR) is 141 cm³/mol. The van der Waals surface area contributed by atoms with Crippen LogP contribution in [0.2, 0.25) is 0 Å². The molecule has 2 N–H and O–H groups in total. The van der Waals surface area contributed by atoms with Gasteiger partial charge < -0.3 is 15.2 Å². The third-order valence-electron chi connectivity index (χ3n) is 7.55. The standard InChI is InChI=1S/C26H36N8O2/c1-5-6-12-33-22-23(30-25(33)32-11-7-8-18(27)14-32)31(4)26(36)34(24(22)35)15-21-28-17(3)19-13-16(2)9-10-20(19)29-21/h5-6,16,18H,7-15,27H2,1-4H3/b6-5+/t16?,18-/m1/s1. The Morgan fingerprint density at radius 3 is 2.69 bits per heavy atom. The Kier molecular flexibility index (Phi) is 6.55. The van der Waals surface area contributed by atoms with Crippen molar-refractivity contribution in [2.75, 3.05) is 18.0 Å². The molecule has 2 aliphatic rings. The largest absolute Gasteiger partial charge is 0.341 e. The average Bonchev–Trinajstić information content (AvgIpc) is 3.24. The van der Waals surface area contributed by atoms with E-state index >= 15 is 0 Å². The number of aryl methyl sites for hydroxylation is 3. The van der Waals surface area contributed by atoms with E-state index in [0.29, 0.717) is 41.9 Å². The molecule has 3 aromatic heterocycles. The van der Waals surface area contributed by atoms with E-state index < -0.39 is 5.69 Å². The summed E-state index contributed by atoms with van der Waals surface area (Å²) < 4.78 is 4.61. The van der Waals surface area contributed by atoms with Crippen molar-refractivity contribution in [3.05, 3.63) is 55.8 Å². The number of nitrogens with zero attached hydrogens (tertiary/aromatic N) is 7. The van der Waals surface area contributed by atoms with Gasteiger partial charge in [-0.3, -0.25) is 13.9 Å². The second-order valence-corrected chi connectivity index (χ2v) is 10.3. The normalized spacial score (nSPS) is 20.4. The van der Waals surface area contributed by atoms with Crippen LogP contribution in [0.3, 0.4) is 0 Å². The topological polar surface area (TPSA) is 117 Å². The van der Waals surface area contributed by atoms with Crippen LogP contribution in [0.1, 0.15) is 55.9 Å². The van der Waals surface area contributed by atoms with Crippen molar-refractivity contribution < 1.29 is 0 Å². The van der Waals surface area contributed by atoms with Crippen LogP contribution in [0, 0.1) is 12.8 Å². The molecule has 1 aliphatic carbocycles. The molecule has 1 fully saturated rings. The van der Waals surface area contributed by atoms with Crippen LogP contribution in [-0.2, 0) is 33.0 Å². The molecule has 1 saturated heterocycles. The molecule has 0 radical (unpaired) electrons. The van der Waals surface area contributed by atoms with E-state index in [4.69, 9.17) is 20.7 Å². The number of imidazole rings is 1. The maximum Gasteiger partial charge on any atom is 0.332 e. The van der Waals surface area contributed by atoms with Crippen LogP contribution in [0.5, 0.6) is 0 Å². The van der Waals surface area contributed by atoms with Crippen molar-refractivity contribution in [2.45, 2.75) is 72.0 Å². The SMILES string of the molecule is C/C=C/Cn1c(N2CCC[C@@H](N)C2)nc2c1c(=O)n(Cc1nc(C)c3c(n1)CCC(C)C3)c(=O)n2C. The molecular formula is C26H36N8O2. The lowest BCUT2D eigenvalue weighted by atomic mass is 9.87.